The second-order valence-electron chi connectivity index (χ2n) is 7.07. The second-order valence-corrected chi connectivity index (χ2v) is 9.08. The fourth-order valence-corrected chi connectivity index (χ4v) is 3.84. The first-order valence-electron chi connectivity index (χ1n) is 9.23. The Balaban J connectivity index is 2.02. The van der Waals surface area contributed by atoms with Gasteiger partial charge in [0.2, 0.25) is 10.0 Å². The summed E-state index contributed by atoms with van der Waals surface area (Å²) in [6.45, 7) is 3.42. The lowest BCUT2D eigenvalue weighted by Gasteiger charge is -2.20. The SMILES string of the molecule is Cc1c(C(=O)Nc2c(C)n(C)n(-c3ccccc3)c2=O)cccc1N(C)S(C)(=O)=O. The molecule has 0 atom stereocenters. The quantitative estimate of drug-likeness (QED) is 0.675. The normalized spacial score (nSPS) is 11.4. The Morgan fingerprint density at radius 2 is 1.67 bits per heavy atom. The van der Waals surface area contributed by atoms with Crippen LogP contribution in [0, 0.1) is 13.8 Å². The van der Waals surface area contributed by atoms with Gasteiger partial charge in [0.1, 0.15) is 5.69 Å². The molecule has 0 aliphatic rings. The largest absolute Gasteiger partial charge is 0.316 e. The molecule has 1 aromatic heterocycles. The summed E-state index contributed by atoms with van der Waals surface area (Å²) in [4.78, 5) is 26.0. The highest BCUT2D eigenvalue weighted by atomic mass is 32.2. The number of sulfonamides is 1. The molecule has 158 valence electrons. The third kappa shape index (κ3) is 3.76. The van der Waals surface area contributed by atoms with E-state index in [2.05, 4.69) is 5.32 Å². The van der Waals surface area contributed by atoms with Crippen LogP contribution in [0.25, 0.3) is 5.69 Å². The average molecular weight is 429 g/mol. The zero-order valence-corrected chi connectivity index (χ0v) is 18.3. The van der Waals surface area contributed by atoms with Crippen molar-refractivity contribution in [1.82, 2.24) is 9.36 Å². The van der Waals surface area contributed by atoms with Crippen LogP contribution in [-0.4, -0.2) is 37.0 Å². The summed E-state index contributed by atoms with van der Waals surface area (Å²) in [5.74, 6) is -0.484. The van der Waals surface area contributed by atoms with E-state index in [0.29, 0.717) is 22.6 Å². The minimum atomic E-state index is -3.48. The fourth-order valence-electron chi connectivity index (χ4n) is 3.28. The first-order chi connectivity index (χ1) is 14.0. The third-order valence-corrected chi connectivity index (χ3v) is 6.37. The number of anilines is 2. The van der Waals surface area contributed by atoms with Crippen molar-refractivity contribution in [1.29, 1.82) is 0 Å². The lowest BCUT2D eigenvalue weighted by atomic mass is 10.1. The Morgan fingerprint density at radius 3 is 2.27 bits per heavy atom. The van der Waals surface area contributed by atoms with Crippen LogP contribution < -0.4 is 15.2 Å². The van der Waals surface area contributed by atoms with Crippen molar-refractivity contribution in [2.24, 2.45) is 7.05 Å². The van der Waals surface area contributed by atoms with Gasteiger partial charge in [0.05, 0.1) is 23.3 Å². The van der Waals surface area contributed by atoms with Crippen molar-refractivity contribution in [3.8, 4) is 5.69 Å². The van der Waals surface area contributed by atoms with Crippen molar-refractivity contribution in [3.05, 3.63) is 75.7 Å². The lowest BCUT2D eigenvalue weighted by molar-refractivity contribution is 0.102. The number of benzene rings is 2. The topological polar surface area (TPSA) is 93.4 Å². The first-order valence-corrected chi connectivity index (χ1v) is 11.1. The summed E-state index contributed by atoms with van der Waals surface area (Å²) >= 11 is 0. The van der Waals surface area contributed by atoms with Gasteiger partial charge in [-0.15, -0.1) is 0 Å². The van der Waals surface area contributed by atoms with Crippen molar-refractivity contribution >= 4 is 27.3 Å². The number of amides is 1. The van der Waals surface area contributed by atoms with Crippen LogP contribution in [-0.2, 0) is 17.1 Å². The number of rotatable bonds is 5. The van der Waals surface area contributed by atoms with Gasteiger partial charge >= 0.3 is 0 Å². The molecule has 3 rings (SSSR count). The standard InChI is InChI=1S/C21H24N4O4S/c1-14-17(12-9-13-18(14)24(4)30(5,28)29)20(26)22-19-15(2)23(3)25(21(19)27)16-10-7-6-8-11-16/h6-13H,1-5H3,(H,22,26). The monoisotopic (exact) mass is 428 g/mol. The minimum absolute atomic E-state index is 0.174. The Labute approximate surface area is 175 Å². The third-order valence-electron chi connectivity index (χ3n) is 5.18. The number of nitrogens with one attached hydrogen (secondary N) is 1. The van der Waals surface area contributed by atoms with Crippen LogP contribution in [0.15, 0.2) is 53.3 Å². The van der Waals surface area contributed by atoms with Crippen LogP contribution >= 0.6 is 0 Å². The minimum Gasteiger partial charge on any atom is -0.316 e. The molecule has 0 saturated heterocycles. The van der Waals surface area contributed by atoms with Crippen molar-refractivity contribution in [3.63, 3.8) is 0 Å². The van der Waals surface area contributed by atoms with Crippen LogP contribution in [0.2, 0.25) is 0 Å². The smallest absolute Gasteiger partial charge is 0.295 e. The van der Waals surface area contributed by atoms with Gasteiger partial charge in [-0.2, -0.15) is 0 Å². The van der Waals surface area contributed by atoms with E-state index in [-0.39, 0.29) is 16.8 Å². The number of nitrogens with zero attached hydrogens (tertiary/aromatic N) is 3. The first kappa shape index (κ1) is 21.4. The maximum absolute atomic E-state index is 13.0. The van der Waals surface area contributed by atoms with E-state index in [1.165, 1.54) is 11.7 Å². The molecule has 0 aliphatic heterocycles. The van der Waals surface area contributed by atoms with Gasteiger partial charge in [0.15, 0.2) is 0 Å². The van der Waals surface area contributed by atoms with Crippen molar-refractivity contribution in [2.45, 2.75) is 13.8 Å². The maximum atomic E-state index is 13.0. The highest BCUT2D eigenvalue weighted by Crippen LogP contribution is 2.25. The van der Waals surface area contributed by atoms with Gasteiger partial charge in [0.25, 0.3) is 11.5 Å². The van der Waals surface area contributed by atoms with Gasteiger partial charge in [-0.05, 0) is 43.7 Å². The summed E-state index contributed by atoms with van der Waals surface area (Å²) in [7, 11) is -0.309. The van der Waals surface area contributed by atoms with Gasteiger partial charge in [-0.25, -0.2) is 13.1 Å². The van der Waals surface area contributed by atoms with Gasteiger partial charge in [-0.1, -0.05) is 24.3 Å². The molecule has 8 nitrogen and oxygen atoms in total. The molecule has 0 saturated carbocycles. The number of hydrogen-bond acceptors (Lipinski definition) is 4. The van der Waals surface area contributed by atoms with Crippen LogP contribution in [0.3, 0.4) is 0 Å². The zero-order chi connectivity index (χ0) is 22.2. The van der Waals surface area contributed by atoms with Gasteiger partial charge in [-0.3, -0.25) is 18.6 Å². The Hall–Kier alpha value is -3.33. The summed E-state index contributed by atoms with van der Waals surface area (Å²) in [5.41, 5.74) is 2.29. The van der Waals surface area contributed by atoms with Crippen molar-refractivity contribution in [2.75, 3.05) is 22.9 Å². The molecule has 0 radical (unpaired) electrons. The molecule has 0 spiro atoms. The van der Waals surface area contributed by atoms with Crippen LogP contribution in [0.1, 0.15) is 21.6 Å². The molecule has 1 heterocycles. The number of carbonyl (C=O) groups excluding carboxylic acids is 1. The summed E-state index contributed by atoms with van der Waals surface area (Å²) in [5, 5.41) is 2.71. The number of aromatic nitrogens is 2. The van der Waals surface area contributed by atoms with E-state index in [1.807, 2.05) is 18.2 Å². The number of para-hydroxylation sites is 1. The zero-order valence-electron chi connectivity index (χ0n) is 17.5. The van der Waals surface area contributed by atoms with E-state index in [1.54, 1.807) is 55.9 Å². The summed E-state index contributed by atoms with van der Waals surface area (Å²) < 4.78 is 28.1. The van der Waals surface area contributed by atoms with E-state index >= 15 is 0 Å². The predicted octanol–water partition coefficient (Wildman–Crippen LogP) is 2.44. The van der Waals surface area contributed by atoms with E-state index in [0.717, 1.165) is 10.6 Å². The molecule has 0 aliphatic carbocycles. The van der Waals surface area contributed by atoms with Gasteiger partial charge in [0, 0.05) is 19.7 Å². The number of hydrogen-bond donors (Lipinski definition) is 1. The van der Waals surface area contributed by atoms with E-state index in [9.17, 15) is 18.0 Å². The van der Waals surface area contributed by atoms with Crippen molar-refractivity contribution < 1.29 is 13.2 Å². The van der Waals surface area contributed by atoms with E-state index in [4.69, 9.17) is 0 Å². The van der Waals surface area contributed by atoms with E-state index < -0.39 is 15.9 Å². The fraction of sp³-hybridized carbons (Fsp3) is 0.238. The maximum Gasteiger partial charge on any atom is 0.295 e. The Morgan fingerprint density at radius 1 is 1.03 bits per heavy atom. The molecule has 30 heavy (non-hydrogen) atoms. The highest BCUT2D eigenvalue weighted by molar-refractivity contribution is 7.92. The lowest BCUT2D eigenvalue weighted by Crippen LogP contribution is -2.27. The van der Waals surface area contributed by atoms with Crippen LogP contribution in [0.4, 0.5) is 11.4 Å². The molecule has 1 amide bonds. The average Bonchev–Trinajstić information content (AvgIpc) is 2.90. The number of carbonyl (C=O) groups is 1. The molecule has 0 unspecified atom stereocenters. The molecule has 0 fully saturated rings. The molecule has 1 N–H and O–H groups in total. The van der Waals surface area contributed by atoms with Crippen LogP contribution in [0.5, 0.6) is 0 Å². The summed E-state index contributed by atoms with van der Waals surface area (Å²) in [6.07, 6.45) is 1.10. The highest BCUT2D eigenvalue weighted by Gasteiger charge is 2.22. The molecule has 2 aromatic carbocycles. The predicted molar refractivity (Wildman–Crippen MR) is 118 cm³/mol. The Bertz CT molecular complexity index is 1270. The summed E-state index contributed by atoms with van der Waals surface area (Å²) in [6, 6.07) is 14.0. The second kappa shape index (κ2) is 7.83. The van der Waals surface area contributed by atoms with Gasteiger partial charge < -0.3 is 5.32 Å². The molecule has 9 heteroatoms. The molecule has 0 bridgehead atoms. The molecular formula is C21H24N4O4S. The Kier molecular flexibility index (Phi) is 5.58. The molecular weight excluding hydrogens is 404 g/mol. The molecule has 3 aromatic rings.